The molecular weight excluding hydrogens is 424 g/mol. The van der Waals surface area contributed by atoms with Crippen LogP contribution in [-0.4, -0.2) is 34.7 Å². The Morgan fingerprint density at radius 3 is 2.32 bits per heavy atom. The predicted molar refractivity (Wildman–Crippen MR) is 139 cm³/mol. The highest BCUT2D eigenvalue weighted by molar-refractivity contribution is 5.62. The monoisotopic (exact) mass is 464 g/mol. The highest BCUT2D eigenvalue weighted by Gasteiger charge is 2.24. The molecule has 0 spiro atoms. The van der Waals surface area contributed by atoms with Gasteiger partial charge >= 0.3 is 0 Å². The third-order valence-electron chi connectivity index (χ3n) is 6.22. The molecule has 1 N–H and O–H groups in total. The lowest BCUT2D eigenvalue weighted by atomic mass is 9.82. The van der Waals surface area contributed by atoms with Crippen molar-refractivity contribution in [2.45, 2.75) is 72.8 Å². The van der Waals surface area contributed by atoms with E-state index in [-0.39, 0.29) is 11.3 Å². The zero-order chi connectivity index (χ0) is 24.9. The van der Waals surface area contributed by atoms with Gasteiger partial charge in [0.1, 0.15) is 17.8 Å². The molecule has 0 aliphatic rings. The van der Waals surface area contributed by atoms with Gasteiger partial charge in [-0.1, -0.05) is 60.6 Å². The van der Waals surface area contributed by atoms with Crippen LogP contribution in [0.3, 0.4) is 0 Å². The minimum absolute atomic E-state index is 0.187. The van der Waals surface area contributed by atoms with E-state index in [1.54, 1.807) is 6.26 Å². The normalized spacial score (nSPS) is 12.0. The Kier molecular flexibility index (Phi) is 8.42. The summed E-state index contributed by atoms with van der Waals surface area (Å²) in [5, 5.41) is 10.8. The molecule has 184 valence electrons. The summed E-state index contributed by atoms with van der Waals surface area (Å²) in [5.41, 5.74) is 4.66. The minimum atomic E-state index is -0.187. The lowest BCUT2D eigenvalue weighted by Crippen LogP contribution is -2.21. The van der Waals surface area contributed by atoms with Crippen LogP contribution in [0.2, 0.25) is 0 Å². The Morgan fingerprint density at radius 2 is 1.74 bits per heavy atom. The number of ether oxygens (including phenoxy) is 1. The summed E-state index contributed by atoms with van der Waals surface area (Å²) in [6.07, 6.45) is 2.36. The summed E-state index contributed by atoms with van der Waals surface area (Å²) in [6.45, 7) is 18.4. The molecule has 3 aromatic rings. The summed E-state index contributed by atoms with van der Waals surface area (Å²) >= 11 is 0. The number of nitrogens with zero attached hydrogens (tertiary/aromatic N) is 2. The Labute approximate surface area is 204 Å². The third kappa shape index (κ3) is 6.41. The van der Waals surface area contributed by atoms with Crippen LogP contribution in [0.4, 0.5) is 0 Å². The van der Waals surface area contributed by atoms with Crippen LogP contribution in [0, 0.1) is 0 Å². The Balaban J connectivity index is 1.66. The van der Waals surface area contributed by atoms with Crippen molar-refractivity contribution in [2.75, 3.05) is 19.7 Å². The molecule has 5 nitrogen and oxygen atoms in total. The van der Waals surface area contributed by atoms with Gasteiger partial charge in [0, 0.05) is 24.1 Å². The molecule has 0 aliphatic carbocycles. The Morgan fingerprint density at radius 1 is 1.06 bits per heavy atom. The number of aromatic hydroxyl groups is 1. The van der Waals surface area contributed by atoms with E-state index < -0.39 is 0 Å². The molecule has 0 unspecified atom stereocenters. The van der Waals surface area contributed by atoms with Crippen LogP contribution in [0.25, 0.3) is 11.5 Å². The summed E-state index contributed by atoms with van der Waals surface area (Å²) < 4.78 is 11.8. The lowest BCUT2D eigenvalue weighted by molar-refractivity contribution is 0.295. The minimum Gasteiger partial charge on any atom is -0.507 e. The molecule has 0 saturated carbocycles. The second-order valence-corrected chi connectivity index (χ2v) is 10.2. The first kappa shape index (κ1) is 25.8. The number of rotatable bonds is 10. The van der Waals surface area contributed by atoms with Gasteiger partial charge in [0.05, 0.1) is 12.3 Å². The topological polar surface area (TPSA) is 58.7 Å². The van der Waals surface area contributed by atoms with Crippen molar-refractivity contribution in [3.05, 3.63) is 65.0 Å². The number of phenols is 1. The SMILES string of the molecule is CCN(CC)Cc1ccc(OCCc2coc(-c3cc(C(C)C)c(O)c(C(C)(C)C)c3)n2)cc1. The second-order valence-electron chi connectivity index (χ2n) is 10.2. The van der Waals surface area contributed by atoms with E-state index >= 15 is 0 Å². The van der Waals surface area contributed by atoms with Gasteiger partial charge in [0.15, 0.2) is 0 Å². The molecule has 0 radical (unpaired) electrons. The van der Waals surface area contributed by atoms with Gasteiger partial charge in [-0.15, -0.1) is 0 Å². The maximum absolute atomic E-state index is 10.8. The number of benzene rings is 2. The number of aromatic nitrogens is 1. The summed E-state index contributed by atoms with van der Waals surface area (Å²) in [7, 11) is 0. The summed E-state index contributed by atoms with van der Waals surface area (Å²) in [5.74, 6) is 2.00. The molecule has 0 fully saturated rings. The van der Waals surface area contributed by atoms with E-state index in [0.717, 1.165) is 47.8 Å². The van der Waals surface area contributed by atoms with Crippen LogP contribution < -0.4 is 4.74 Å². The van der Waals surface area contributed by atoms with E-state index in [1.165, 1.54) is 5.56 Å². The van der Waals surface area contributed by atoms with E-state index in [0.29, 0.717) is 24.7 Å². The molecule has 0 bridgehead atoms. The summed E-state index contributed by atoms with van der Waals surface area (Å²) in [6, 6.07) is 12.3. The molecule has 0 atom stereocenters. The van der Waals surface area contributed by atoms with Crippen LogP contribution >= 0.6 is 0 Å². The van der Waals surface area contributed by atoms with E-state index in [4.69, 9.17) is 14.1 Å². The van der Waals surface area contributed by atoms with Gasteiger partial charge in [0.25, 0.3) is 0 Å². The molecule has 34 heavy (non-hydrogen) atoms. The fraction of sp³-hybridized carbons (Fsp3) is 0.483. The van der Waals surface area contributed by atoms with Gasteiger partial charge in [-0.2, -0.15) is 0 Å². The number of hydrogen-bond donors (Lipinski definition) is 1. The smallest absolute Gasteiger partial charge is 0.226 e. The molecular formula is C29H40N2O3. The predicted octanol–water partition coefficient (Wildman–Crippen LogP) is 6.93. The molecule has 2 aromatic carbocycles. The van der Waals surface area contributed by atoms with Gasteiger partial charge in [-0.05, 0) is 59.8 Å². The van der Waals surface area contributed by atoms with E-state index in [9.17, 15) is 5.11 Å². The first-order chi connectivity index (χ1) is 16.1. The van der Waals surface area contributed by atoms with Gasteiger partial charge < -0.3 is 14.3 Å². The fourth-order valence-corrected chi connectivity index (χ4v) is 4.02. The molecule has 3 rings (SSSR count). The van der Waals surface area contributed by atoms with Crippen molar-refractivity contribution in [1.29, 1.82) is 0 Å². The van der Waals surface area contributed by atoms with Gasteiger partial charge in [-0.25, -0.2) is 4.98 Å². The molecule has 0 saturated heterocycles. The van der Waals surface area contributed by atoms with Crippen molar-refractivity contribution in [3.63, 3.8) is 0 Å². The van der Waals surface area contributed by atoms with Gasteiger partial charge in [0.2, 0.25) is 5.89 Å². The molecule has 0 aliphatic heterocycles. The average Bonchev–Trinajstić information content (AvgIpc) is 3.26. The number of oxazole rings is 1. The quantitative estimate of drug-likeness (QED) is 0.352. The van der Waals surface area contributed by atoms with Crippen LogP contribution in [0.5, 0.6) is 11.5 Å². The van der Waals surface area contributed by atoms with E-state index in [1.807, 2.05) is 24.3 Å². The first-order valence-electron chi connectivity index (χ1n) is 12.4. The van der Waals surface area contributed by atoms with Crippen LogP contribution in [0.15, 0.2) is 47.1 Å². The molecule has 5 heteroatoms. The largest absolute Gasteiger partial charge is 0.507 e. The Hall–Kier alpha value is -2.79. The van der Waals surface area contributed by atoms with Crippen molar-refractivity contribution in [2.24, 2.45) is 0 Å². The zero-order valence-corrected chi connectivity index (χ0v) is 21.8. The lowest BCUT2D eigenvalue weighted by Gasteiger charge is -2.24. The maximum atomic E-state index is 10.8. The maximum Gasteiger partial charge on any atom is 0.226 e. The fourth-order valence-electron chi connectivity index (χ4n) is 4.02. The van der Waals surface area contributed by atoms with Gasteiger partial charge in [-0.3, -0.25) is 4.90 Å². The number of phenolic OH excluding ortho intramolecular Hbond substituents is 1. The van der Waals surface area contributed by atoms with Crippen molar-refractivity contribution < 1.29 is 14.3 Å². The standard InChI is InChI=1S/C29H40N2O3/c1-8-31(9-2)18-21-10-12-24(13-11-21)33-15-14-23-19-34-28(30-23)22-16-25(20(3)4)27(32)26(17-22)29(5,6)7/h10-13,16-17,19-20,32H,8-9,14-15,18H2,1-7H3. The highest BCUT2D eigenvalue weighted by Crippen LogP contribution is 2.39. The molecule has 1 aromatic heterocycles. The number of hydrogen-bond acceptors (Lipinski definition) is 5. The Bertz CT molecular complexity index is 1060. The zero-order valence-electron chi connectivity index (χ0n) is 21.8. The van der Waals surface area contributed by atoms with E-state index in [2.05, 4.69) is 65.5 Å². The molecule has 0 amide bonds. The third-order valence-corrected chi connectivity index (χ3v) is 6.22. The second kappa shape index (κ2) is 11.1. The average molecular weight is 465 g/mol. The van der Waals surface area contributed by atoms with Crippen molar-refractivity contribution >= 4 is 0 Å². The van der Waals surface area contributed by atoms with Crippen molar-refractivity contribution in [1.82, 2.24) is 9.88 Å². The highest BCUT2D eigenvalue weighted by atomic mass is 16.5. The van der Waals surface area contributed by atoms with Crippen molar-refractivity contribution in [3.8, 4) is 23.0 Å². The van der Waals surface area contributed by atoms with Crippen LogP contribution in [-0.2, 0) is 18.4 Å². The molecule has 1 heterocycles. The van der Waals surface area contributed by atoms with Crippen LogP contribution in [0.1, 0.15) is 76.8 Å². The first-order valence-corrected chi connectivity index (χ1v) is 12.4. The summed E-state index contributed by atoms with van der Waals surface area (Å²) in [4.78, 5) is 7.09.